The molecule has 0 fully saturated rings. The molecule has 0 atom stereocenters. The van der Waals surface area contributed by atoms with Crippen molar-refractivity contribution in [1.82, 2.24) is 0 Å². The van der Waals surface area contributed by atoms with Gasteiger partial charge in [-0.25, -0.2) is 4.39 Å². The van der Waals surface area contributed by atoms with Crippen LogP contribution in [0.4, 0.5) is 15.8 Å². The zero-order valence-electron chi connectivity index (χ0n) is 6.38. The molecule has 0 aliphatic rings. The lowest BCUT2D eigenvalue weighted by Crippen LogP contribution is -1.87. The first kappa shape index (κ1) is 9.12. The first-order valence-corrected chi connectivity index (χ1v) is 3.99. The third kappa shape index (κ3) is 1.79. The Morgan fingerprint density at radius 2 is 2.17 bits per heavy atom. The van der Waals surface area contributed by atoms with E-state index in [9.17, 15) is 4.39 Å². The number of nitrogens with zero attached hydrogens (tertiary/aromatic N) is 2. The van der Waals surface area contributed by atoms with Crippen LogP contribution in [0.2, 0.25) is 0 Å². The number of hydrogen-bond donors (Lipinski definition) is 1. The van der Waals surface area contributed by atoms with E-state index >= 15 is 0 Å². The van der Waals surface area contributed by atoms with Crippen LogP contribution in [0.25, 0.3) is 0 Å². The van der Waals surface area contributed by atoms with E-state index in [2.05, 4.69) is 26.2 Å². The molecule has 0 aliphatic carbocycles. The monoisotopic (exact) mass is 231 g/mol. The van der Waals surface area contributed by atoms with Crippen LogP contribution in [0.5, 0.6) is 0 Å². The second-order valence-electron chi connectivity index (χ2n) is 2.13. The van der Waals surface area contributed by atoms with Crippen molar-refractivity contribution in [1.29, 1.82) is 0 Å². The van der Waals surface area contributed by atoms with Crippen molar-refractivity contribution in [3.63, 3.8) is 0 Å². The molecule has 0 amide bonds. The Bertz CT molecular complexity index is 325. The summed E-state index contributed by atoms with van der Waals surface area (Å²) >= 11 is 3.02. The van der Waals surface area contributed by atoms with Gasteiger partial charge in [-0.05, 0) is 22.0 Å². The quantitative estimate of drug-likeness (QED) is 0.587. The summed E-state index contributed by atoms with van der Waals surface area (Å²) in [5, 5.41) is 7.25. The Labute approximate surface area is 77.6 Å². The summed E-state index contributed by atoms with van der Waals surface area (Å²) in [5.41, 5.74) is 6.20. The number of anilines is 1. The Morgan fingerprint density at radius 3 is 2.75 bits per heavy atom. The van der Waals surface area contributed by atoms with E-state index in [-0.39, 0.29) is 5.69 Å². The third-order valence-electron chi connectivity index (χ3n) is 1.28. The summed E-state index contributed by atoms with van der Waals surface area (Å²) in [6, 6.07) is 2.69. The van der Waals surface area contributed by atoms with Crippen LogP contribution in [0.3, 0.4) is 0 Å². The van der Waals surface area contributed by atoms with Gasteiger partial charge in [0, 0.05) is 13.1 Å². The predicted octanol–water partition coefficient (Wildman–Crippen LogP) is 2.88. The molecule has 0 aromatic heterocycles. The lowest BCUT2D eigenvalue weighted by Gasteiger charge is -2.00. The van der Waals surface area contributed by atoms with Crippen molar-refractivity contribution in [2.24, 2.45) is 10.2 Å². The molecular weight excluding hydrogens is 225 g/mol. The number of halogens is 2. The average Bonchev–Trinajstić information content (AvgIpc) is 2.01. The van der Waals surface area contributed by atoms with E-state index in [0.29, 0.717) is 10.2 Å². The third-order valence-corrected chi connectivity index (χ3v) is 1.89. The zero-order valence-corrected chi connectivity index (χ0v) is 7.97. The zero-order chi connectivity index (χ0) is 9.14. The van der Waals surface area contributed by atoms with E-state index in [1.807, 2.05) is 0 Å². The van der Waals surface area contributed by atoms with Gasteiger partial charge in [0.25, 0.3) is 0 Å². The molecule has 0 unspecified atom stereocenters. The molecule has 3 nitrogen and oxygen atoms in total. The van der Waals surface area contributed by atoms with E-state index < -0.39 is 5.82 Å². The molecule has 0 saturated heterocycles. The van der Waals surface area contributed by atoms with Gasteiger partial charge in [0.2, 0.25) is 0 Å². The first-order valence-electron chi connectivity index (χ1n) is 3.19. The van der Waals surface area contributed by atoms with E-state index in [0.717, 1.165) is 0 Å². The molecule has 2 N–H and O–H groups in total. The Balaban J connectivity index is 3.23. The molecule has 12 heavy (non-hydrogen) atoms. The molecule has 0 aliphatic heterocycles. The highest BCUT2D eigenvalue weighted by Gasteiger charge is 2.04. The number of nitrogens with two attached hydrogens (primary N) is 1. The van der Waals surface area contributed by atoms with Crippen molar-refractivity contribution < 1.29 is 4.39 Å². The van der Waals surface area contributed by atoms with Crippen molar-refractivity contribution in [2.45, 2.75) is 0 Å². The smallest absolute Gasteiger partial charge is 0.139 e. The summed E-state index contributed by atoms with van der Waals surface area (Å²) < 4.78 is 13.1. The molecular formula is C7H7BrFN3. The lowest BCUT2D eigenvalue weighted by molar-refractivity contribution is 0.622. The molecule has 0 radical (unpaired) electrons. The van der Waals surface area contributed by atoms with E-state index in [1.165, 1.54) is 19.2 Å². The molecule has 64 valence electrons. The van der Waals surface area contributed by atoms with Crippen molar-refractivity contribution >= 4 is 27.3 Å². The maximum Gasteiger partial charge on any atom is 0.139 e. The predicted molar refractivity (Wildman–Crippen MR) is 49.0 cm³/mol. The minimum Gasteiger partial charge on any atom is -0.397 e. The maximum atomic E-state index is 12.8. The minimum atomic E-state index is -0.400. The number of benzene rings is 1. The van der Waals surface area contributed by atoms with Crippen molar-refractivity contribution in [3.8, 4) is 0 Å². The Hall–Kier alpha value is -0.970. The average molecular weight is 232 g/mol. The van der Waals surface area contributed by atoms with Crippen LogP contribution >= 0.6 is 15.9 Å². The number of rotatable bonds is 1. The molecule has 0 heterocycles. The Morgan fingerprint density at radius 1 is 1.50 bits per heavy atom. The summed E-state index contributed by atoms with van der Waals surface area (Å²) in [7, 11) is 1.52. The number of nitrogen functional groups attached to an aromatic ring is 1. The van der Waals surface area contributed by atoms with Crippen molar-refractivity contribution in [3.05, 3.63) is 22.4 Å². The molecule has 1 aromatic rings. The number of azo groups is 1. The van der Waals surface area contributed by atoms with Crippen LogP contribution in [-0.2, 0) is 0 Å². The SMILES string of the molecule is CN=Nc1cc(Br)c(F)cc1N. The van der Waals surface area contributed by atoms with Gasteiger partial charge in [-0.1, -0.05) is 0 Å². The van der Waals surface area contributed by atoms with Gasteiger partial charge >= 0.3 is 0 Å². The van der Waals surface area contributed by atoms with Gasteiger partial charge < -0.3 is 5.73 Å². The second-order valence-corrected chi connectivity index (χ2v) is 2.98. The van der Waals surface area contributed by atoms with Crippen LogP contribution in [0.1, 0.15) is 0 Å². The van der Waals surface area contributed by atoms with E-state index in [4.69, 9.17) is 5.73 Å². The lowest BCUT2D eigenvalue weighted by atomic mass is 10.3. The molecule has 5 heteroatoms. The highest BCUT2D eigenvalue weighted by atomic mass is 79.9. The summed E-state index contributed by atoms with van der Waals surface area (Å²) in [6.45, 7) is 0. The van der Waals surface area contributed by atoms with Crippen LogP contribution in [0.15, 0.2) is 26.8 Å². The normalized spacial score (nSPS) is 10.9. The number of hydrogen-bond acceptors (Lipinski definition) is 3. The second kappa shape index (κ2) is 3.62. The highest BCUT2D eigenvalue weighted by molar-refractivity contribution is 9.10. The van der Waals surface area contributed by atoms with Gasteiger partial charge in [-0.3, -0.25) is 0 Å². The minimum absolute atomic E-state index is 0.279. The molecule has 0 saturated carbocycles. The van der Waals surface area contributed by atoms with Gasteiger partial charge in [0.1, 0.15) is 11.5 Å². The fourth-order valence-corrected chi connectivity index (χ4v) is 1.08. The maximum absolute atomic E-state index is 12.8. The van der Waals surface area contributed by atoms with E-state index in [1.54, 1.807) is 0 Å². The van der Waals surface area contributed by atoms with Crippen LogP contribution in [0, 0.1) is 5.82 Å². The fraction of sp³-hybridized carbons (Fsp3) is 0.143. The molecule has 1 aromatic carbocycles. The summed E-state index contributed by atoms with van der Waals surface area (Å²) in [4.78, 5) is 0. The van der Waals surface area contributed by atoms with Crippen LogP contribution in [-0.4, -0.2) is 7.05 Å². The highest BCUT2D eigenvalue weighted by Crippen LogP contribution is 2.28. The summed E-state index contributed by atoms with van der Waals surface area (Å²) in [6.07, 6.45) is 0. The molecule has 1 rings (SSSR count). The van der Waals surface area contributed by atoms with Crippen molar-refractivity contribution in [2.75, 3.05) is 12.8 Å². The van der Waals surface area contributed by atoms with Gasteiger partial charge in [-0.2, -0.15) is 10.2 Å². The van der Waals surface area contributed by atoms with Crippen LogP contribution < -0.4 is 5.73 Å². The fourth-order valence-electron chi connectivity index (χ4n) is 0.746. The molecule has 0 spiro atoms. The Kier molecular flexibility index (Phi) is 2.75. The first-order chi connectivity index (χ1) is 5.65. The summed E-state index contributed by atoms with van der Waals surface area (Å²) in [5.74, 6) is -0.400. The largest absolute Gasteiger partial charge is 0.397 e. The topological polar surface area (TPSA) is 50.7 Å². The van der Waals surface area contributed by atoms with Gasteiger partial charge in [0.05, 0.1) is 10.2 Å². The van der Waals surface area contributed by atoms with Gasteiger partial charge in [0.15, 0.2) is 0 Å². The molecule has 0 bridgehead atoms. The standard InChI is InChI=1S/C7H7BrFN3/c1-11-12-7-2-4(8)5(9)3-6(7)10/h2-3H,10H2,1H3. The van der Waals surface area contributed by atoms with Gasteiger partial charge in [-0.15, -0.1) is 0 Å².